The van der Waals surface area contributed by atoms with Gasteiger partial charge in [0, 0.05) is 14.7 Å². The van der Waals surface area contributed by atoms with E-state index in [9.17, 15) is 4.79 Å². The van der Waals surface area contributed by atoms with Crippen LogP contribution in [-0.2, 0) is 0 Å². The zero-order chi connectivity index (χ0) is 23.5. The lowest BCUT2D eigenvalue weighted by molar-refractivity contribution is 0.0977. The Hall–Kier alpha value is -2.98. The van der Waals surface area contributed by atoms with Gasteiger partial charge >= 0.3 is 0 Å². The lowest BCUT2D eigenvalue weighted by Gasteiger charge is -2.13. The Bertz CT molecular complexity index is 1350. The first kappa shape index (κ1) is 23.2. The maximum atomic E-state index is 12.5. The van der Waals surface area contributed by atoms with Crippen molar-refractivity contribution in [1.29, 1.82) is 0 Å². The number of amides is 1. The van der Waals surface area contributed by atoms with Crippen molar-refractivity contribution in [2.45, 2.75) is 19.8 Å². The second kappa shape index (κ2) is 9.88. The van der Waals surface area contributed by atoms with Crippen molar-refractivity contribution in [2.24, 2.45) is 0 Å². The summed E-state index contributed by atoms with van der Waals surface area (Å²) in [4.78, 5) is 17.2. The molecule has 0 bridgehead atoms. The Kier molecular flexibility index (Phi) is 6.94. The molecular weight excluding hydrogens is 549 g/mol. The number of rotatable bonds is 5. The Morgan fingerprint density at radius 2 is 1.94 bits per heavy atom. The highest BCUT2D eigenvalue weighted by atomic mass is 127. The predicted molar refractivity (Wildman–Crippen MR) is 143 cm³/mol. The molecule has 0 spiro atoms. The molecule has 6 nitrogen and oxygen atoms in total. The van der Waals surface area contributed by atoms with Crippen molar-refractivity contribution in [3.8, 4) is 17.2 Å². The third-order valence-electron chi connectivity index (χ3n) is 5.09. The van der Waals surface area contributed by atoms with Crippen LogP contribution in [0.3, 0.4) is 0 Å². The molecule has 0 aliphatic rings. The molecule has 33 heavy (non-hydrogen) atoms. The standard InChI is InChI=1S/C25H22IN3O3S/c1-14(2)15-7-10-22-20(12-15)27-24(32-22)17-8-9-21(31-3)19(13-17)28-25(33)29-23(30)16-5-4-6-18(26)11-16/h4-14H,1-3H3,(H2,28,29,30,33). The summed E-state index contributed by atoms with van der Waals surface area (Å²) in [6.07, 6.45) is 0. The van der Waals surface area contributed by atoms with Gasteiger partial charge in [-0.3, -0.25) is 10.1 Å². The maximum absolute atomic E-state index is 12.5. The molecule has 1 heterocycles. The van der Waals surface area contributed by atoms with Gasteiger partial charge in [-0.15, -0.1) is 0 Å². The number of ether oxygens (including phenoxy) is 1. The highest BCUT2D eigenvalue weighted by Gasteiger charge is 2.15. The number of carbonyl (C=O) groups is 1. The van der Waals surface area contributed by atoms with E-state index in [2.05, 4.69) is 58.1 Å². The molecule has 0 fully saturated rings. The Morgan fingerprint density at radius 1 is 1.12 bits per heavy atom. The summed E-state index contributed by atoms with van der Waals surface area (Å²) in [6.45, 7) is 4.29. The summed E-state index contributed by atoms with van der Waals surface area (Å²) < 4.78 is 12.4. The van der Waals surface area contributed by atoms with Gasteiger partial charge in [0.05, 0.1) is 12.8 Å². The van der Waals surface area contributed by atoms with E-state index in [0.717, 1.165) is 20.2 Å². The van der Waals surface area contributed by atoms with Crippen LogP contribution in [0.1, 0.15) is 35.7 Å². The van der Waals surface area contributed by atoms with E-state index < -0.39 is 0 Å². The van der Waals surface area contributed by atoms with Crippen LogP contribution in [-0.4, -0.2) is 23.1 Å². The van der Waals surface area contributed by atoms with E-state index in [-0.39, 0.29) is 11.0 Å². The number of oxazole rings is 1. The predicted octanol–water partition coefficient (Wildman–Crippen LogP) is 6.36. The van der Waals surface area contributed by atoms with Gasteiger partial charge in [0.2, 0.25) is 5.89 Å². The van der Waals surface area contributed by atoms with Crippen LogP contribution in [0.25, 0.3) is 22.6 Å². The van der Waals surface area contributed by atoms with E-state index in [1.165, 1.54) is 5.56 Å². The largest absolute Gasteiger partial charge is 0.495 e. The van der Waals surface area contributed by atoms with Crippen molar-refractivity contribution in [1.82, 2.24) is 10.3 Å². The number of thiocarbonyl (C=S) groups is 1. The van der Waals surface area contributed by atoms with E-state index in [4.69, 9.17) is 21.4 Å². The van der Waals surface area contributed by atoms with Gasteiger partial charge in [-0.2, -0.15) is 0 Å². The summed E-state index contributed by atoms with van der Waals surface area (Å²) >= 11 is 7.52. The lowest BCUT2D eigenvalue weighted by atomic mass is 10.0. The SMILES string of the molecule is COc1ccc(-c2nc3cc(C(C)C)ccc3o2)cc1NC(=S)NC(=O)c1cccc(I)c1. The second-order valence-electron chi connectivity index (χ2n) is 7.73. The second-order valence-corrected chi connectivity index (χ2v) is 9.39. The number of methoxy groups -OCH3 is 1. The summed E-state index contributed by atoms with van der Waals surface area (Å²) in [5.41, 5.74) is 4.61. The topological polar surface area (TPSA) is 76.4 Å². The minimum atomic E-state index is -0.291. The van der Waals surface area contributed by atoms with Crippen LogP contribution >= 0.6 is 34.8 Å². The fraction of sp³-hybridized carbons (Fsp3) is 0.160. The van der Waals surface area contributed by atoms with Gasteiger partial charge in [0.1, 0.15) is 11.3 Å². The van der Waals surface area contributed by atoms with Crippen molar-refractivity contribution in [3.05, 3.63) is 75.4 Å². The van der Waals surface area contributed by atoms with Crippen molar-refractivity contribution < 1.29 is 13.9 Å². The van der Waals surface area contributed by atoms with E-state index in [1.807, 2.05) is 36.4 Å². The van der Waals surface area contributed by atoms with E-state index in [0.29, 0.717) is 28.8 Å². The highest BCUT2D eigenvalue weighted by Crippen LogP contribution is 2.32. The van der Waals surface area contributed by atoms with Crippen molar-refractivity contribution in [3.63, 3.8) is 0 Å². The fourth-order valence-corrected chi connectivity index (χ4v) is 4.07. The molecule has 2 N–H and O–H groups in total. The highest BCUT2D eigenvalue weighted by molar-refractivity contribution is 14.1. The van der Waals surface area contributed by atoms with Gasteiger partial charge in [-0.05, 0) is 94.8 Å². The number of fused-ring (bicyclic) bond motifs is 1. The zero-order valence-corrected chi connectivity index (χ0v) is 21.3. The smallest absolute Gasteiger partial charge is 0.257 e. The van der Waals surface area contributed by atoms with Crippen molar-refractivity contribution >= 4 is 62.6 Å². The lowest BCUT2D eigenvalue weighted by Crippen LogP contribution is -2.34. The number of hydrogen-bond donors (Lipinski definition) is 2. The first-order chi connectivity index (χ1) is 15.8. The van der Waals surface area contributed by atoms with E-state index >= 15 is 0 Å². The summed E-state index contributed by atoms with van der Waals surface area (Å²) in [5, 5.41) is 5.91. The van der Waals surface area contributed by atoms with Gasteiger partial charge in [-0.1, -0.05) is 26.0 Å². The molecule has 1 amide bonds. The number of benzene rings is 3. The third kappa shape index (κ3) is 5.33. The molecule has 0 radical (unpaired) electrons. The zero-order valence-electron chi connectivity index (χ0n) is 18.3. The van der Waals surface area contributed by atoms with Crippen molar-refractivity contribution in [2.75, 3.05) is 12.4 Å². The number of hydrogen-bond acceptors (Lipinski definition) is 5. The van der Waals surface area contributed by atoms with Crippen LogP contribution in [0.15, 0.2) is 65.1 Å². The van der Waals surface area contributed by atoms with Crippen LogP contribution in [0.4, 0.5) is 5.69 Å². The molecule has 1 aromatic heterocycles. The Balaban J connectivity index is 1.57. The number of aromatic nitrogens is 1. The van der Waals surface area contributed by atoms with Crippen LogP contribution in [0.2, 0.25) is 0 Å². The monoisotopic (exact) mass is 571 g/mol. The molecule has 0 saturated carbocycles. The Morgan fingerprint density at radius 3 is 2.67 bits per heavy atom. The fourth-order valence-electron chi connectivity index (χ4n) is 3.32. The molecule has 3 aromatic carbocycles. The minimum Gasteiger partial charge on any atom is -0.495 e. The number of nitrogens with zero attached hydrogens (tertiary/aromatic N) is 1. The first-order valence-corrected chi connectivity index (χ1v) is 11.8. The molecular formula is C25H22IN3O3S. The summed E-state index contributed by atoms with van der Waals surface area (Å²) in [6, 6.07) is 18.8. The van der Waals surface area contributed by atoms with Gasteiger partial charge in [-0.25, -0.2) is 4.98 Å². The first-order valence-electron chi connectivity index (χ1n) is 10.3. The molecule has 0 aliphatic carbocycles. The molecule has 8 heteroatoms. The summed E-state index contributed by atoms with van der Waals surface area (Å²) in [5.74, 6) is 1.18. The average Bonchev–Trinajstić information content (AvgIpc) is 3.22. The third-order valence-corrected chi connectivity index (χ3v) is 5.96. The number of halogens is 1. The summed E-state index contributed by atoms with van der Waals surface area (Å²) in [7, 11) is 1.57. The number of carbonyl (C=O) groups excluding carboxylic acids is 1. The molecule has 0 aliphatic heterocycles. The van der Waals surface area contributed by atoms with Crippen LogP contribution < -0.4 is 15.4 Å². The Labute approximate surface area is 210 Å². The van der Waals surface area contributed by atoms with Crippen LogP contribution in [0.5, 0.6) is 5.75 Å². The molecule has 4 aromatic rings. The van der Waals surface area contributed by atoms with Crippen LogP contribution in [0, 0.1) is 3.57 Å². The maximum Gasteiger partial charge on any atom is 0.257 e. The normalized spacial score (nSPS) is 10.9. The molecule has 0 unspecified atom stereocenters. The van der Waals surface area contributed by atoms with Gasteiger partial charge < -0.3 is 14.5 Å². The average molecular weight is 571 g/mol. The molecule has 4 rings (SSSR count). The van der Waals surface area contributed by atoms with E-state index in [1.54, 1.807) is 25.3 Å². The molecule has 0 atom stereocenters. The number of anilines is 1. The van der Waals surface area contributed by atoms with Gasteiger partial charge in [0.25, 0.3) is 5.91 Å². The molecule has 0 saturated heterocycles. The quantitative estimate of drug-likeness (QED) is 0.215. The van der Waals surface area contributed by atoms with Gasteiger partial charge in [0.15, 0.2) is 10.7 Å². The molecule has 168 valence electrons. The minimum absolute atomic E-state index is 0.161. The number of nitrogens with one attached hydrogen (secondary N) is 2.